The Morgan fingerprint density at radius 3 is 3.00 bits per heavy atom. The lowest BCUT2D eigenvalue weighted by Gasteiger charge is -2.32. The van der Waals surface area contributed by atoms with E-state index in [0.717, 1.165) is 17.6 Å². The van der Waals surface area contributed by atoms with Gasteiger partial charge in [0.1, 0.15) is 0 Å². The van der Waals surface area contributed by atoms with E-state index in [2.05, 4.69) is 15.3 Å². The van der Waals surface area contributed by atoms with Crippen molar-refractivity contribution in [1.82, 2.24) is 20.2 Å². The van der Waals surface area contributed by atoms with Crippen LogP contribution in [0.25, 0.3) is 11.0 Å². The molecule has 4 N–H and O–H groups in total. The molecule has 0 unspecified atom stereocenters. The molecule has 2 heterocycles. The molecule has 1 saturated heterocycles. The van der Waals surface area contributed by atoms with Gasteiger partial charge in [0.2, 0.25) is 5.91 Å². The Morgan fingerprint density at radius 1 is 1.41 bits per heavy atom. The quantitative estimate of drug-likeness (QED) is 0.630. The number of rotatable bonds is 3. The fraction of sp³-hybridized carbons (Fsp3) is 0.467. The van der Waals surface area contributed by atoms with Crippen molar-refractivity contribution in [2.75, 3.05) is 20.1 Å². The zero-order chi connectivity index (χ0) is 15.7. The average Bonchev–Trinajstić information content (AvgIpc) is 2.86. The predicted molar refractivity (Wildman–Crippen MR) is 82.4 cm³/mol. The molecule has 1 fully saturated rings. The molecule has 3 rings (SSSR count). The van der Waals surface area contributed by atoms with E-state index in [1.807, 2.05) is 24.1 Å². The molecule has 0 saturated carbocycles. The lowest BCUT2D eigenvalue weighted by atomic mass is 9.94. The summed E-state index contributed by atoms with van der Waals surface area (Å²) in [5.41, 5.74) is 2.11. The van der Waals surface area contributed by atoms with Crippen LogP contribution in [0.4, 0.5) is 0 Å². The number of aromatic amines is 2. The van der Waals surface area contributed by atoms with Crippen molar-refractivity contribution in [3.8, 4) is 0 Å². The van der Waals surface area contributed by atoms with Crippen LogP contribution in [0.2, 0.25) is 0 Å². The minimum absolute atomic E-state index is 0.137. The van der Waals surface area contributed by atoms with Crippen LogP contribution in [-0.2, 0) is 11.3 Å². The summed E-state index contributed by atoms with van der Waals surface area (Å²) in [6.07, 6.45) is 0.0326. The summed E-state index contributed by atoms with van der Waals surface area (Å²) in [6.45, 7) is 1.74. The van der Waals surface area contributed by atoms with E-state index in [1.165, 1.54) is 0 Å². The Balaban J connectivity index is 1.65. The van der Waals surface area contributed by atoms with Crippen molar-refractivity contribution >= 4 is 16.9 Å². The van der Waals surface area contributed by atoms with Crippen molar-refractivity contribution < 1.29 is 9.90 Å². The Kier molecular flexibility index (Phi) is 4.00. The highest BCUT2D eigenvalue weighted by molar-refractivity contribution is 5.80. The van der Waals surface area contributed by atoms with Crippen molar-refractivity contribution in [1.29, 1.82) is 0 Å². The Labute approximate surface area is 127 Å². The zero-order valence-corrected chi connectivity index (χ0v) is 12.4. The number of carbonyl (C=O) groups excluding carboxylic acids is 1. The van der Waals surface area contributed by atoms with Crippen molar-refractivity contribution in [3.63, 3.8) is 0 Å². The molecule has 0 aliphatic carbocycles. The molecule has 7 heteroatoms. The van der Waals surface area contributed by atoms with Gasteiger partial charge >= 0.3 is 5.69 Å². The Morgan fingerprint density at radius 2 is 2.18 bits per heavy atom. The van der Waals surface area contributed by atoms with E-state index in [0.29, 0.717) is 25.0 Å². The SMILES string of the molecule is CN1CC[C@H](O)[C@H](C(=O)NCc2ccc3[nH]c(=O)[nH]c3c2)C1. The van der Waals surface area contributed by atoms with Crippen LogP contribution in [0.15, 0.2) is 23.0 Å². The summed E-state index contributed by atoms with van der Waals surface area (Å²) in [7, 11) is 1.95. The van der Waals surface area contributed by atoms with Gasteiger partial charge in [-0.2, -0.15) is 0 Å². The molecule has 0 radical (unpaired) electrons. The van der Waals surface area contributed by atoms with E-state index in [9.17, 15) is 14.7 Å². The normalized spacial score (nSPS) is 22.8. The van der Waals surface area contributed by atoms with Crippen molar-refractivity contribution in [2.45, 2.75) is 19.1 Å². The van der Waals surface area contributed by atoms with Gasteiger partial charge in [-0.15, -0.1) is 0 Å². The van der Waals surface area contributed by atoms with Crippen LogP contribution in [0.5, 0.6) is 0 Å². The predicted octanol–water partition coefficient (Wildman–Crippen LogP) is -0.215. The molecule has 7 nitrogen and oxygen atoms in total. The highest BCUT2D eigenvalue weighted by Crippen LogP contribution is 2.16. The number of aliphatic hydroxyl groups is 1. The maximum absolute atomic E-state index is 12.2. The first-order valence-electron chi connectivity index (χ1n) is 7.38. The molecular formula is C15H20N4O3. The van der Waals surface area contributed by atoms with E-state index < -0.39 is 12.0 Å². The van der Waals surface area contributed by atoms with Crippen LogP contribution >= 0.6 is 0 Å². The number of aliphatic hydroxyl groups excluding tert-OH is 1. The van der Waals surface area contributed by atoms with Gasteiger partial charge in [0.25, 0.3) is 0 Å². The van der Waals surface area contributed by atoms with E-state index in [4.69, 9.17) is 0 Å². The van der Waals surface area contributed by atoms with Gasteiger partial charge in [0.15, 0.2) is 0 Å². The lowest BCUT2D eigenvalue weighted by Crippen LogP contribution is -2.48. The molecule has 0 spiro atoms. The fourth-order valence-corrected chi connectivity index (χ4v) is 2.87. The molecule has 1 aliphatic heterocycles. The number of hydrogen-bond donors (Lipinski definition) is 4. The van der Waals surface area contributed by atoms with E-state index in [1.54, 1.807) is 6.07 Å². The molecule has 1 amide bonds. The summed E-state index contributed by atoms with van der Waals surface area (Å²) < 4.78 is 0. The van der Waals surface area contributed by atoms with Crippen LogP contribution in [0.1, 0.15) is 12.0 Å². The average molecular weight is 304 g/mol. The molecule has 0 bridgehead atoms. The second kappa shape index (κ2) is 5.94. The smallest absolute Gasteiger partial charge is 0.323 e. The molecule has 1 aliphatic rings. The first-order valence-corrected chi connectivity index (χ1v) is 7.38. The number of piperidine rings is 1. The maximum Gasteiger partial charge on any atom is 0.323 e. The number of nitrogens with zero attached hydrogens (tertiary/aromatic N) is 1. The van der Waals surface area contributed by atoms with E-state index >= 15 is 0 Å². The van der Waals surface area contributed by atoms with Crippen molar-refractivity contribution in [2.24, 2.45) is 5.92 Å². The number of aromatic nitrogens is 2. The molecule has 2 atom stereocenters. The van der Waals surface area contributed by atoms with Crippen LogP contribution in [0, 0.1) is 5.92 Å². The van der Waals surface area contributed by atoms with Crippen LogP contribution < -0.4 is 11.0 Å². The standard InChI is InChI=1S/C15H20N4O3/c1-19-5-4-13(20)10(8-19)14(21)16-7-9-2-3-11-12(6-9)18-15(22)17-11/h2-3,6,10,13,20H,4-5,7-8H2,1H3,(H,16,21)(H2,17,18,22)/t10-,13+/m1/s1. The van der Waals surface area contributed by atoms with Gasteiger partial charge in [0, 0.05) is 19.6 Å². The van der Waals surface area contributed by atoms with Gasteiger partial charge in [0.05, 0.1) is 23.1 Å². The number of hydrogen-bond acceptors (Lipinski definition) is 4. The van der Waals surface area contributed by atoms with Gasteiger partial charge in [-0.3, -0.25) is 4.79 Å². The maximum atomic E-state index is 12.2. The highest BCUT2D eigenvalue weighted by Gasteiger charge is 2.31. The number of carbonyl (C=O) groups is 1. The highest BCUT2D eigenvalue weighted by atomic mass is 16.3. The van der Waals surface area contributed by atoms with Crippen LogP contribution in [0.3, 0.4) is 0 Å². The molecule has 118 valence electrons. The Hall–Kier alpha value is -2.12. The zero-order valence-electron chi connectivity index (χ0n) is 12.4. The molecule has 2 aromatic rings. The second-order valence-corrected chi connectivity index (χ2v) is 5.90. The summed E-state index contributed by atoms with van der Waals surface area (Å²) >= 11 is 0. The topological polar surface area (TPSA) is 101 Å². The molecule has 22 heavy (non-hydrogen) atoms. The third-order valence-electron chi connectivity index (χ3n) is 4.16. The monoisotopic (exact) mass is 304 g/mol. The number of likely N-dealkylation sites (tertiary alicyclic amines) is 1. The van der Waals surface area contributed by atoms with Gasteiger partial charge in [-0.25, -0.2) is 4.79 Å². The second-order valence-electron chi connectivity index (χ2n) is 5.90. The number of fused-ring (bicyclic) bond motifs is 1. The largest absolute Gasteiger partial charge is 0.392 e. The summed E-state index contributed by atoms with van der Waals surface area (Å²) in [4.78, 5) is 30.9. The van der Waals surface area contributed by atoms with Gasteiger partial charge in [-0.05, 0) is 31.2 Å². The summed E-state index contributed by atoms with van der Waals surface area (Å²) in [5, 5.41) is 12.8. The number of imidazole rings is 1. The summed E-state index contributed by atoms with van der Waals surface area (Å²) in [5.74, 6) is -0.531. The minimum atomic E-state index is -0.584. The number of amides is 1. The first-order chi connectivity index (χ1) is 10.5. The molecular weight excluding hydrogens is 284 g/mol. The molecule has 1 aromatic carbocycles. The third-order valence-corrected chi connectivity index (χ3v) is 4.16. The number of benzene rings is 1. The number of nitrogens with one attached hydrogen (secondary N) is 3. The lowest BCUT2D eigenvalue weighted by molar-refractivity contribution is -0.131. The van der Waals surface area contributed by atoms with Crippen molar-refractivity contribution in [3.05, 3.63) is 34.2 Å². The van der Waals surface area contributed by atoms with E-state index in [-0.39, 0.29) is 11.6 Å². The first kappa shape index (κ1) is 14.8. The third kappa shape index (κ3) is 3.05. The van der Waals surface area contributed by atoms with Gasteiger partial charge in [-0.1, -0.05) is 6.07 Å². The minimum Gasteiger partial charge on any atom is -0.392 e. The fourth-order valence-electron chi connectivity index (χ4n) is 2.87. The molecule has 1 aromatic heterocycles. The summed E-state index contributed by atoms with van der Waals surface area (Å²) in [6, 6.07) is 5.49. The number of H-pyrrole nitrogens is 2. The Bertz CT molecular complexity index is 736. The van der Waals surface area contributed by atoms with Crippen LogP contribution in [-0.4, -0.2) is 52.1 Å². The van der Waals surface area contributed by atoms with Gasteiger partial charge < -0.3 is 25.3 Å².